The summed E-state index contributed by atoms with van der Waals surface area (Å²) >= 11 is 0. The number of aliphatic hydroxyl groups is 1. The molecular weight excluding hydrogens is 364 g/mol. The molecule has 4 aliphatic carbocycles. The van der Waals surface area contributed by atoms with E-state index in [1.165, 1.54) is 38.5 Å². The maximum Gasteiger partial charge on any atom is 0.0568 e. The van der Waals surface area contributed by atoms with Gasteiger partial charge in [0.15, 0.2) is 0 Å². The van der Waals surface area contributed by atoms with E-state index < -0.39 is 0 Å². The van der Waals surface area contributed by atoms with Crippen LogP contribution < -0.4 is 0 Å². The van der Waals surface area contributed by atoms with Crippen LogP contribution in [0.1, 0.15) is 93.4 Å². The zero-order valence-corrected chi connectivity index (χ0v) is 20.8. The van der Waals surface area contributed by atoms with Gasteiger partial charge in [0.25, 0.3) is 0 Å². The van der Waals surface area contributed by atoms with Crippen molar-refractivity contribution in [3.8, 4) is 0 Å². The van der Waals surface area contributed by atoms with E-state index in [-0.39, 0.29) is 6.10 Å². The number of aliphatic hydroxyl groups excluding tert-OH is 1. The topological polar surface area (TPSA) is 20.2 Å². The summed E-state index contributed by atoms with van der Waals surface area (Å²) < 4.78 is 0. The summed E-state index contributed by atoms with van der Waals surface area (Å²) in [5, 5.41) is 10.5. The summed E-state index contributed by atoms with van der Waals surface area (Å²) in [6.45, 7) is 17.1. The Labute approximate surface area is 186 Å². The van der Waals surface area contributed by atoms with E-state index in [4.69, 9.17) is 0 Å². The number of rotatable bonds is 4. The van der Waals surface area contributed by atoms with Gasteiger partial charge in [0.1, 0.15) is 0 Å². The zero-order valence-electron chi connectivity index (χ0n) is 20.8. The van der Waals surface area contributed by atoms with Gasteiger partial charge in [0.05, 0.1) is 6.10 Å². The van der Waals surface area contributed by atoms with E-state index in [0.717, 1.165) is 30.1 Å². The minimum Gasteiger partial charge on any atom is -0.393 e. The number of hydrogen-bond acceptors (Lipinski definition) is 1. The van der Waals surface area contributed by atoms with Crippen molar-refractivity contribution in [1.29, 1.82) is 0 Å². The quantitative estimate of drug-likeness (QED) is 0.470. The molecule has 0 aromatic heterocycles. The molecule has 4 rings (SSSR count). The first-order valence-electron chi connectivity index (χ1n) is 13.2. The molecule has 3 saturated carbocycles. The first kappa shape index (κ1) is 22.6. The Hall–Kier alpha value is -0.560. The average Bonchev–Trinajstić information content (AvgIpc) is 3.06. The molecule has 0 aromatic carbocycles. The smallest absolute Gasteiger partial charge is 0.0568 e. The maximum atomic E-state index is 10.5. The lowest BCUT2D eigenvalue weighted by Crippen LogP contribution is -2.52. The minimum atomic E-state index is -0.0800. The van der Waals surface area contributed by atoms with Crippen LogP contribution in [-0.2, 0) is 0 Å². The lowest BCUT2D eigenvalue weighted by Gasteiger charge is -2.59. The van der Waals surface area contributed by atoms with E-state index >= 15 is 0 Å². The molecule has 30 heavy (non-hydrogen) atoms. The number of allylic oxidation sites excluding steroid dienone is 4. The highest BCUT2D eigenvalue weighted by Crippen LogP contribution is 2.67. The van der Waals surface area contributed by atoms with Gasteiger partial charge in [-0.1, -0.05) is 72.3 Å². The molecule has 10 atom stereocenters. The van der Waals surface area contributed by atoms with Crippen molar-refractivity contribution in [2.45, 2.75) is 99.5 Å². The zero-order chi connectivity index (χ0) is 21.8. The number of hydrogen-bond donors (Lipinski definition) is 1. The molecule has 170 valence electrons. The molecule has 0 aromatic rings. The average molecular weight is 413 g/mol. The first-order valence-corrected chi connectivity index (χ1v) is 13.2. The second-order valence-corrected chi connectivity index (χ2v) is 12.7. The molecule has 0 amide bonds. The van der Waals surface area contributed by atoms with Gasteiger partial charge < -0.3 is 5.11 Å². The van der Waals surface area contributed by atoms with Gasteiger partial charge in [0.2, 0.25) is 0 Å². The third-order valence-corrected chi connectivity index (χ3v) is 11.1. The molecule has 0 heterocycles. The fourth-order valence-electron chi connectivity index (χ4n) is 8.56. The highest BCUT2D eigenvalue weighted by Gasteiger charge is 2.58. The van der Waals surface area contributed by atoms with Gasteiger partial charge in [-0.05, 0) is 103 Å². The predicted octanol–water partition coefficient (Wildman–Crippen LogP) is 7.66. The van der Waals surface area contributed by atoms with Crippen LogP contribution in [0.2, 0.25) is 0 Å². The summed E-state index contributed by atoms with van der Waals surface area (Å²) in [5.74, 6) is 5.64. The van der Waals surface area contributed by atoms with E-state index in [1.54, 1.807) is 0 Å². The molecule has 0 unspecified atom stereocenters. The van der Waals surface area contributed by atoms with Crippen LogP contribution in [0.25, 0.3) is 0 Å². The van der Waals surface area contributed by atoms with E-state index in [0.29, 0.717) is 34.5 Å². The van der Waals surface area contributed by atoms with Crippen LogP contribution in [0.15, 0.2) is 23.8 Å². The molecule has 0 bridgehead atoms. The van der Waals surface area contributed by atoms with E-state index in [9.17, 15) is 5.11 Å². The maximum absolute atomic E-state index is 10.5. The second-order valence-electron chi connectivity index (χ2n) is 12.7. The fourth-order valence-corrected chi connectivity index (χ4v) is 8.56. The fraction of sp³-hybridized carbons (Fsp3) is 0.862. The van der Waals surface area contributed by atoms with Gasteiger partial charge in [-0.3, -0.25) is 0 Å². The third-order valence-electron chi connectivity index (χ3n) is 11.1. The first-order chi connectivity index (χ1) is 14.1. The Morgan fingerprint density at radius 1 is 0.933 bits per heavy atom. The van der Waals surface area contributed by atoms with Gasteiger partial charge in [0, 0.05) is 0 Å². The molecule has 1 heteroatoms. The van der Waals surface area contributed by atoms with Crippen molar-refractivity contribution < 1.29 is 5.11 Å². The molecule has 3 fully saturated rings. The summed E-state index contributed by atoms with van der Waals surface area (Å²) in [5.41, 5.74) is 2.75. The van der Waals surface area contributed by atoms with Crippen molar-refractivity contribution in [1.82, 2.24) is 0 Å². The molecule has 1 nitrogen and oxygen atoms in total. The lowest BCUT2D eigenvalue weighted by atomic mass is 9.46. The summed E-state index contributed by atoms with van der Waals surface area (Å²) in [6, 6.07) is 0. The van der Waals surface area contributed by atoms with Crippen molar-refractivity contribution in [2.75, 3.05) is 0 Å². The Bertz CT molecular complexity index is 688. The molecule has 0 saturated heterocycles. The molecule has 0 radical (unpaired) electrons. The molecule has 4 aliphatic rings. The summed E-state index contributed by atoms with van der Waals surface area (Å²) in [7, 11) is 0. The summed E-state index contributed by atoms with van der Waals surface area (Å²) in [6.07, 6.45) is 16.7. The Kier molecular flexibility index (Phi) is 6.10. The highest BCUT2D eigenvalue weighted by molar-refractivity contribution is 5.28. The third kappa shape index (κ3) is 3.46. The molecular formula is C29H48O. The molecule has 1 N–H and O–H groups in total. The summed E-state index contributed by atoms with van der Waals surface area (Å²) in [4.78, 5) is 0. The van der Waals surface area contributed by atoms with Gasteiger partial charge >= 0.3 is 0 Å². The van der Waals surface area contributed by atoms with Crippen LogP contribution in [-0.4, -0.2) is 11.2 Å². The Balaban J connectivity index is 1.56. The molecule has 0 spiro atoms. The monoisotopic (exact) mass is 412 g/mol. The van der Waals surface area contributed by atoms with E-state index in [2.05, 4.69) is 66.7 Å². The highest BCUT2D eigenvalue weighted by atomic mass is 16.3. The van der Waals surface area contributed by atoms with Crippen molar-refractivity contribution in [3.63, 3.8) is 0 Å². The SMILES string of the molecule is CC(C)[C@@H](C)/C=C/[C@@H](C)[C@H]1CC[C@H]2C3=CC[C@H]4[C@H](C)[C@@H](O)CC[C@]4(C)[C@H]3CC[C@]12C. The lowest BCUT2D eigenvalue weighted by molar-refractivity contribution is -0.0767. The van der Waals surface area contributed by atoms with Crippen LogP contribution in [0.3, 0.4) is 0 Å². The van der Waals surface area contributed by atoms with Gasteiger partial charge in [-0.25, -0.2) is 0 Å². The molecule has 0 aliphatic heterocycles. The van der Waals surface area contributed by atoms with Crippen molar-refractivity contribution in [2.24, 2.45) is 58.2 Å². The normalized spacial score (nSPS) is 48.1. The standard InChI is InChI=1S/C29H48O/c1-18(2)19(3)8-9-20(4)23-12-13-25-22-10-11-24-21(5)27(30)15-17-29(24,7)26(22)14-16-28(23,25)6/h8-10,18-21,23-27,30H,11-17H2,1-7H3/b9-8+/t19-,20+,21-,23+,24-,25-,26-,27-,28+,29-/m0/s1. The van der Waals surface area contributed by atoms with E-state index in [1.807, 2.05) is 5.57 Å². The van der Waals surface area contributed by atoms with Gasteiger partial charge in [-0.2, -0.15) is 0 Å². The van der Waals surface area contributed by atoms with Crippen LogP contribution in [0, 0.1) is 58.2 Å². The number of fused-ring (bicyclic) bond motifs is 5. The van der Waals surface area contributed by atoms with Crippen molar-refractivity contribution >= 4 is 0 Å². The Morgan fingerprint density at radius 3 is 2.30 bits per heavy atom. The largest absolute Gasteiger partial charge is 0.393 e. The van der Waals surface area contributed by atoms with Crippen LogP contribution in [0.5, 0.6) is 0 Å². The minimum absolute atomic E-state index is 0.0800. The van der Waals surface area contributed by atoms with Crippen LogP contribution in [0.4, 0.5) is 0 Å². The Morgan fingerprint density at radius 2 is 1.60 bits per heavy atom. The van der Waals surface area contributed by atoms with Crippen molar-refractivity contribution in [3.05, 3.63) is 23.8 Å². The second kappa shape index (κ2) is 8.09. The van der Waals surface area contributed by atoms with Crippen LogP contribution >= 0.6 is 0 Å². The predicted molar refractivity (Wildman–Crippen MR) is 128 cm³/mol. The van der Waals surface area contributed by atoms with Gasteiger partial charge in [-0.15, -0.1) is 0 Å².